The summed E-state index contributed by atoms with van der Waals surface area (Å²) in [7, 11) is 0. The minimum absolute atomic E-state index is 0.0529. The fourth-order valence-corrected chi connectivity index (χ4v) is 3.96. The number of benzene rings is 2. The molecule has 1 N–H and O–H groups in total. The van der Waals surface area contributed by atoms with Crippen molar-refractivity contribution in [3.8, 4) is 0 Å². The molecule has 154 valence electrons. The van der Waals surface area contributed by atoms with Gasteiger partial charge in [-0.15, -0.1) is 0 Å². The van der Waals surface area contributed by atoms with E-state index in [1.54, 1.807) is 0 Å². The number of nitrogens with one attached hydrogen (secondary N) is 1. The molecule has 4 heteroatoms. The van der Waals surface area contributed by atoms with E-state index >= 15 is 0 Å². The summed E-state index contributed by atoms with van der Waals surface area (Å²) in [5.41, 5.74) is 4.21. The van der Waals surface area contributed by atoms with Crippen molar-refractivity contribution in [3.63, 3.8) is 0 Å². The van der Waals surface area contributed by atoms with Crippen LogP contribution in [0.15, 0.2) is 48.5 Å². The molecule has 0 spiro atoms. The summed E-state index contributed by atoms with van der Waals surface area (Å²) >= 11 is 0. The largest absolute Gasteiger partial charge is 0.326 e. The van der Waals surface area contributed by atoms with Crippen molar-refractivity contribution in [3.05, 3.63) is 65.2 Å². The number of hydrogen-bond acceptors (Lipinski definition) is 3. The quantitative estimate of drug-likeness (QED) is 0.629. The lowest BCUT2D eigenvalue weighted by Gasteiger charge is -2.32. The van der Waals surface area contributed by atoms with E-state index in [0.29, 0.717) is 18.8 Å². The monoisotopic (exact) mass is 392 g/mol. The first-order valence-corrected chi connectivity index (χ1v) is 10.8. The molecule has 1 heterocycles. The Labute approximate surface area is 174 Å². The van der Waals surface area contributed by atoms with Gasteiger partial charge in [0.15, 0.2) is 5.78 Å². The molecule has 0 aliphatic carbocycles. The molecule has 1 aliphatic rings. The van der Waals surface area contributed by atoms with Crippen molar-refractivity contribution in [2.24, 2.45) is 0 Å². The third-order valence-corrected chi connectivity index (χ3v) is 5.80. The van der Waals surface area contributed by atoms with Gasteiger partial charge in [0.1, 0.15) is 0 Å². The van der Waals surface area contributed by atoms with E-state index in [2.05, 4.69) is 22.3 Å². The smallest absolute Gasteiger partial charge is 0.224 e. The minimum atomic E-state index is 0.0529. The number of amides is 1. The Morgan fingerprint density at radius 3 is 2.48 bits per heavy atom. The molecule has 4 nitrogen and oxygen atoms in total. The molecule has 2 aromatic rings. The van der Waals surface area contributed by atoms with Gasteiger partial charge >= 0.3 is 0 Å². The lowest BCUT2D eigenvalue weighted by Crippen LogP contribution is -2.33. The van der Waals surface area contributed by atoms with Crippen LogP contribution in [0.4, 0.5) is 5.69 Å². The highest BCUT2D eigenvalue weighted by Gasteiger charge is 2.21. The van der Waals surface area contributed by atoms with E-state index in [0.717, 1.165) is 50.1 Å². The molecular formula is C25H32N2O2. The Bertz CT molecular complexity index is 821. The predicted molar refractivity (Wildman–Crippen MR) is 119 cm³/mol. The van der Waals surface area contributed by atoms with Crippen LogP contribution in [0.5, 0.6) is 0 Å². The molecule has 3 rings (SSSR count). The predicted octanol–water partition coefficient (Wildman–Crippen LogP) is 5.19. The molecule has 0 radical (unpaired) electrons. The summed E-state index contributed by atoms with van der Waals surface area (Å²) in [6.07, 6.45) is 4.27. The molecule has 1 saturated heterocycles. The molecule has 0 saturated carbocycles. The standard InChI is InChI=1S/C25H32N2O2/c1-3-25(29)26-23-7-4-6-22(18-23)20-13-16-27(17-14-20)15-5-8-24(28)21-11-9-19(2)10-12-21/h4,6-7,9-12,18,20H,3,5,8,13-17H2,1-2H3,(H,26,29). The second kappa shape index (κ2) is 10.4. The molecule has 0 bridgehead atoms. The molecule has 2 aromatic carbocycles. The fraction of sp³-hybridized carbons (Fsp3) is 0.440. The van der Waals surface area contributed by atoms with Crippen LogP contribution in [-0.2, 0) is 4.79 Å². The van der Waals surface area contributed by atoms with Gasteiger partial charge in [0.2, 0.25) is 5.91 Å². The average molecular weight is 393 g/mol. The summed E-state index contributed by atoms with van der Waals surface area (Å²) in [6, 6.07) is 16.1. The number of anilines is 1. The van der Waals surface area contributed by atoms with Crippen LogP contribution in [0.2, 0.25) is 0 Å². The molecule has 1 amide bonds. The summed E-state index contributed by atoms with van der Waals surface area (Å²) < 4.78 is 0. The Kier molecular flexibility index (Phi) is 7.59. The topological polar surface area (TPSA) is 49.4 Å². The third-order valence-electron chi connectivity index (χ3n) is 5.80. The number of rotatable bonds is 8. The number of carbonyl (C=O) groups excluding carboxylic acids is 2. The van der Waals surface area contributed by atoms with E-state index in [-0.39, 0.29) is 11.7 Å². The molecule has 0 atom stereocenters. The number of carbonyl (C=O) groups is 2. The van der Waals surface area contributed by atoms with Gasteiger partial charge < -0.3 is 10.2 Å². The summed E-state index contributed by atoms with van der Waals surface area (Å²) in [5, 5.41) is 2.95. The van der Waals surface area contributed by atoms with Gasteiger partial charge in [-0.2, -0.15) is 0 Å². The molecule has 1 fully saturated rings. The maximum atomic E-state index is 12.3. The van der Waals surface area contributed by atoms with Crippen LogP contribution in [0, 0.1) is 6.92 Å². The zero-order valence-corrected chi connectivity index (χ0v) is 17.6. The number of nitrogens with zero attached hydrogens (tertiary/aromatic N) is 1. The lowest BCUT2D eigenvalue weighted by atomic mass is 9.89. The van der Waals surface area contributed by atoms with Crippen molar-refractivity contribution in [2.45, 2.75) is 51.9 Å². The van der Waals surface area contributed by atoms with E-state index < -0.39 is 0 Å². The van der Waals surface area contributed by atoms with Crippen LogP contribution in [0.25, 0.3) is 0 Å². The van der Waals surface area contributed by atoms with Gasteiger partial charge in [-0.1, -0.05) is 48.9 Å². The van der Waals surface area contributed by atoms with Crippen molar-refractivity contribution < 1.29 is 9.59 Å². The average Bonchev–Trinajstić information content (AvgIpc) is 2.74. The number of likely N-dealkylation sites (tertiary alicyclic amines) is 1. The van der Waals surface area contributed by atoms with Gasteiger partial charge in [0.25, 0.3) is 0 Å². The maximum absolute atomic E-state index is 12.3. The Balaban J connectivity index is 1.42. The van der Waals surface area contributed by atoms with Crippen LogP contribution in [0.1, 0.15) is 66.4 Å². The molecule has 0 aromatic heterocycles. The van der Waals surface area contributed by atoms with E-state index in [1.807, 2.05) is 50.2 Å². The van der Waals surface area contributed by atoms with Crippen molar-refractivity contribution in [2.75, 3.05) is 25.0 Å². The SMILES string of the molecule is CCC(=O)Nc1cccc(C2CCN(CCCC(=O)c3ccc(C)cc3)CC2)c1. The zero-order valence-electron chi connectivity index (χ0n) is 17.6. The normalized spacial score (nSPS) is 15.2. The van der Waals surface area contributed by atoms with Crippen molar-refractivity contribution in [1.29, 1.82) is 0 Å². The number of aryl methyl sites for hydroxylation is 1. The van der Waals surface area contributed by atoms with Crippen molar-refractivity contribution in [1.82, 2.24) is 4.90 Å². The third kappa shape index (κ3) is 6.26. The molecular weight excluding hydrogens is 360 g/mol. The Morgan fingerprint density at radius 2 is 1.79 bits per heavy atom. The molecule has 29 heavy (non-hydrogen) atoms. The van der Waals surface area contributed by atoms with Crippen LogP contribution >= 0.6 is 0 Å². The van der Waals surface area contributed by atoms with Crippen molar-refractivity contribution >= 4 is 17.4 Å². The van der Waals surface area contributed by atoms with Gasteiger partial charge in [0.05, 0.1) is 0 Å². The van der Waals surface area contributed by atoms with E-state index in [9.17, 15) is 9.59 Å². The number of ketones is 1. The highest BCUT2D eigenvalue weighted by Crippen LogP contribution is 2.29. The zero-order chi connectivity index (χ0) is 20.6. The second-order valence-corrected chi connectivity index (χ2v) is 8.04. The van der Waals surface area contributed by atoms with Gasteiger partial charge in [-0.05, 0) is 69.4 Å². The number of Topliss-reactive ketones (excluding diaryl/α,β-unsaturated/α-hetero) is 1. The highest BCUT2D eigenvalue weighted by atomic mass is 16.1. The number of piperidine rings is 1. The van der Waals surface area contributed by atoms with Gasteiger partial charge in [-0.3, -0.25) is 9.59 Å². The fourth-order valence-electron chi connectivity index (χ4n) is 3.96. The van der Waals surface area contributed by atoms with Gasteiger partial charge in [0, 0.05) is 24.1 Å². The second-order valence-electron chi connectivity index (χ2n) is 8.04. The minimum Gasteiger partial charge on any atom is -0.326 e. The Hall–Kier alpha value is -2.46. The van der Waals surface area contributed by atoms with Crippen LogP contribution in [-0.4, -0.2) is 36.2 Å². The maximum Gasteiger partial charge on any atom is 0.224 e. The highest BCUT2D eigenvalue weighted by molar-refractivity contribution is 5.96. The van der Waals surface area contributed by atoms with Gasteiger partial charge in [-0.25, -0.2) is 0 Å². The summed E-state index contributed by atoms with van der Waals surface area (Å²) in [4.78, 5) is 26.4. The molecule has 1 aliphatic heterocycles. The molecule has 0 unspecified atom stereocenters. The van der Waals surface area contributed by atoms with Crippen LogP contribution < -0.4 is 5.32 Å². The Morgan fingerprint density at radius 1 is 1.07 bits per heavy atom. The van der Waals surface area contributed by atoms with Crippen LogP contribution in [0.3, 0.4) is 0 Å². The first kappa shape index (κ1) is 21.3. The van der Waals surface area contributed by atoms with E-state index in [1.165, 1.54) is 11.1 Å². The lowest BCUT2D eigenvalue weighted by molar-refractivity contribution is -0.115. The first-order valence-electron chi connectivity index (χ1n) is 10.8. The number of hydrogen-bond donors (Lipinski definition) is 1. The first-order chi connectivity index (χ1) is 14.0. The van der Waals surface area contributed by atoms with E-state index in [4.69, 9.17) is 0 Å². The summed E-state index contributed by atoms with van der Waals surface area (Å²) in [6.45, 7) is 7.01. The summed E-state index contributed by atoms with van der Waals surface area (Å²) in [5.74, 6) is 0.835.